The molecule has 0 aliphatic rings. The molecule has 1 rings (SSSR count). The molecule has 0 aromatic carbocycles. The van der Waals surface area contributed by atoms with E-state index in [0.717, 1.165) is 6.20 Å². The van der Waals surface area contributed by atoms with Crippen molar-refractivity contribution in [3.63, 3.8) is 0 Å². The lowest BCUT2D eigenvalue weighted by Crippen LogP contribution is -2.09. The van der Waals surface area contributed by atoms with Gasteiger partial charge in [-0.05, 0) is 5.56 Å². The molecule has 1 heterocycles. The van der Waals surface area contributed by atoms with Gasteiger partial charge in [0.1, 0.15) is 6.07 Å². The van der Waals surface area contributed by atoms with E-state index in [1.54, 1.807) is 6.07 Å². The van der Waals surface area contributed by atoms with Crippen LogP contribution < -0.4 is 5.73 Å². The van der Waals surface area contributed by atoms with Gasteiger partial charge in [0.2, 0.25) is 0 Å². The van der Waals surface area contributed by atoms with Gasteiger partial charge in [-0.1, -0.05) is 0 Å². The van der Waals surface area contributed by atoms with Crippen LogP contribution >= 0.6 is 0 Å². The van der Waals surface area contributed by atoms with Crippen molar-refractivity contribution in [2.75, 3.05) is 0 Å². The van der Waals surface area contributed by atoms with Crippen LogP contribution in [0, 0.1) is 22.7 Å². The highest BCUT2D eigenvalue weighted by Gasteiger charge is 2.19. The van der Waals surface area contributed by atoms with Crippen LogP contribution in [0.15, 0.2) is 6.20 Å². The lowest BCUT2D eigenvalue weighted by atomic mass is 10.0. The summed E-state index contributed by atoms with van der Waals surface area (Å²) in [7, 11) is 0. The third kappa shape index (κ3) is 2.13. The van der Waals surface area contributed by atoms with Gasteiger partial charge in [0, 0.05) is 18.3 Å². The highest BCUT2D eigenvalue weighted by Crippen LogP contribution is 2.25. The van der Waals surface area contributed by atoms with Crippen molar-refractivity contribution in [1.29, 1.82) is 10.5 Å². The predicted octanol–water partition coefficient (Wildman–Crippen LogP) is 1.42. The van der Waals surface area contributed by atoms with E-state index < -0.39 is 6.43 Å². The molecule has 0 saturated carbocycles. The van der Waals surface area contributed by atoms with E-state index in [2.05, 4.69) is 4.98 Å². The number of nitrogens with two attached hydrogens (primary N) is 1. The van der Waals surface area contributed by atoms with E-state index in [-0.39, 0.29) is 35.3 Å². The largest absolute Gasteiger partial charge is 0.326 e. The van der Waals surface area contributed by atoms with Crippen LogP contribution in [0.3, 0.4) is 0 Å². The van der Waals surface area contributed by atoms with Crippen LogP contribution in [0.2, 0.25) is 0 Å². The summed E-state index contributed by atoms with van der Waals surface area (Å²) in [4.78, 5) is 3.69. The maximum absolute atomic E-state index is 12.6. The zero-order chi connectivity index (χ0) is 12.1. The number of nitrogens with zero attached hydrogens (tertiary/aromatic N) is 3. The molecule has 82 valence electrons. The van der Waals surface area contributed by atoms with Gasteiger partial charge in [-0.2, -0.15) is 10.5 Å². The zero-order valence-corrected chi connectivity index (χ0v) is 8.24. The molecule has 0 unspecified atom stereocenters. The van der Waals surface area contributed by atoms with Gasteiger partial charge in [0.15, 0.2) is 0 Å². The van der Waals surface area contributed by atoms with Gasteiger partial charge >= 0.3 is 0 Å². The first-order valence-electron chi connectivity index (χ1n) is 4.41. The standard InChI is InChI=1S/C10H8F2N4/c11-10(12)8-5-16-9(1-2-13)7(4-15)6(8)3-14/h5,10H,1,3,14H2. The van der Waals surface area contributed by atoms with E-state index in [9.17, 15) is 8.78 Å². The number of aromatic nitrogens is 1. The molecule has 0 fully saturated rings. The average Bonchev–Trinajstić information content (AvgIpc) is 2.28. The molecule has 4 nitrogen and oxygen atoms in total. The van der Waals surface area contributed by atoms with Crippen molar-refractivity contribution in [3.8, 4) is 12.1 Å². The first-order valence-corrected chi connectivity index (χ1v) is 4.41. The summed E-state index contributed by atoms with van der Waals surface area (Å²) >= 11 is 0. The molecule has 0 bridgehead atoms. The molecular weight excluding hydrogens is 214 g/mol. The molecule has 0 spiro atoms. The molecule has 0 atom stereocenters. The van der Waals surface area contributed by atoms with Gasteiger partial charge in [-0.3, -0.25) is 4.98 Å². The summed E-state index contributed by atoms with van der Waals surface area (Å²) in [5.74, 6) is 0. The van der Waals surface area contributed by atoms with Gasteiger partial charge in [-0.25, -0.2) is 8.78 Å². The molecule has 0 aliphatic carbocycles. The summed E-state index contributed by atoms with van der Waals surface area (Å²) in [5.41, 5.74) is 5.23. The van der Waals surface area contributed by atoms with Crippen LogP contribution in [0.5, 0.6) is 0 Å². The Morgan fingerprint density at radius 3 is 2.56 bits per heavy atom. The Bertz CT molecular complexity index is 471. The molecule has 16 heavy (non-hydrogen) atoms. The summed E-state index contributed by atoms with van der Waals surface area (Å²) in [5, 5.41) is 17.4. The highest BCUT2D eigenvalue weighted by molar-refractivity contribution is 5.46. The number of hydrogen-bond acceptors (Lipinski definition) is 4. The molecule has 1 aromatic rings. The maximum Gasteiger partial charge on any atom is 0.265 e. The van der Waals surface area contributed by atoms with Crippen molar-refractivity contribution in [2.45, 2.75) is 19.4 Å². The fourth-order valence-corrected chi connectivity index (χ4v) is 1.36. The van der Waals surface area contributed by atoms with Gasteiger partial charge in [-0.15, -0.1) is 0 Å². The number of nitriles is 2. The Kier molecular flexibility index (Phi) is 3.87. The Balaban J connectivity index is 3.42. The first-order chi connectivity index (χ1) is 7.65. The number of hydrogen-bond donors (Lipinski definition) is 1. The molecule has 0 radical (unpaired) electrons. The second-order valence-corrected chi connectivity index (χ2v) is 2.97. The second kappa shape index (κ2) is 5.15. The smallest absolute Gasteiger partial charge is 0.265 e. The third-order valence-corrected chi connectivity index (χ3v) is 2.10. The van der Waals surface area contributed by atoms with E-state index in [0.29, 0.717) is 0 Å². The fourth-order valence-electron chi connectivity index (χ4n) is 1.36. The Morgan fingerprint density at radius 1 is 1.44 bits per heavy atom. The SMILES string of the molecule is N#CCc1ncc(C(F)F)c(CN)c1C#N. The first kappa shape index (κ1) is 12.0. The number of pyridine rings is 1. The molecule has 6 heteroatoms. The van der Waals surface area contributed by atoms with E-state index in [4.69, 9.17) is 16.3 Å². The van der Waals surface area contributed by atoms with Crippen molar-refractivity contribution in [3.05, 3.63) is 28.6 Å². The number of halogens is 2. The Labute approximate surface area is 90.9 Å². The molecule has 0 amide bonds. The summed E-state index contributed by atoms with van der Waals surface area (Å²) in [6, 6.07) is 3.59. The second-order valence-electron chi connectivity index (χ2n) is 2.97. The van der Waals surface area contributed by atoms with Crippen molar-refractivity contribution < 1.29 is 8.78 Å². The predicted molar refractivity (Wildman–Crippen MR) is 51.1 cm³/mol. The quantitative estimate of drug-likeness (QED) is 0.837. The van der Waals surface area contributed by atoms with Crippen LogP contribution in [-0.4, -0.2) is 4.98 Å². The highest BCUT2D eigenvalue weighted by atomic mass is 19.3. The minimum atomic E-state index is -2.73. The zero-order valence-electron chi connectivity index (χ0n) is 8.24. The molecule has 2 N–H and O–H groups in total. The lowest BCUT2D eigenvalue weighted by molar-refractivity contribution is 0.149. The van der Waals surface area contributed by atoms with Gasteiger partial charge in [0.25, 0.3) is 6.43 Å². The van der Waals surface area contributed by atoms with E-state index in [1.807, 2.05) is 6.07 Å². The van der Waals surface area contributed by atoms with Crippen LogP contribution in [-0.2, 0) is 13.0 Å². The molecule has 0 saturated heterocycles. The van der Waals surface area contributed by atoms with E-state index in [1.165, 1.54) is 0 Å². The maximum atomic E-state index is 12.6. The lowest BCUT2D eigenvalue weighted by Gasteiger charge is -2.10. The van der Waals surface area contributed by atoms with Crippen molar-refractivity contribution in [1.82, 2.24) is 4.98 Å². The summed E-state index contributed by atoms with van der Waals surface area (Å²) in [6.07, 6.45) is -1.85. The van der Waals surface area contributed by atoms with Crippen LogP contribution in [0.25, 0.3) is 0 Å². The molecular formula is C10H8F2N4. The van der Waals surface area contributed by atoms with E-state index >= 15 is 0 Å². The molecule has 0 aliphatic heterocycles. The normalized spacial score (nSPS) is 9.88. The minimum Gasteiger partial charge on any atom is -0.326 e. The fraction of sp³-hybridized carbons (Fsp3) is 0.300. The van der Waals surface area contributed by atoms with Crippen LogP contribution in [0.4, 0.5) is 8.78 Å². The number of rotatable bonds is 3. The summed E-state index contributed by atoms with van der Waals surface area (Å²) in [6.45, 7) is -0.177. The summed E-state index contributed by atoms with van der Waals surface area (Å²) < 4.78 is 25.2. The Morgan fingerprint density at radius 2 is 2.12 bits per heavy atom. The monoisotopic (exact) mass is 222 g/mol. The minimum absolute atomic E-state index is 0.0122. The van der Waals surface area contributed by atoms with Crippen LogP contribution in [0.1, 0.15) is 28.8 Å². The van der Waals surface area contributed by atoms with Crippen molar-refractivity contribution >= 4 is 0 Å². The topological polar surface area (TPSA) is 86.5 Å². The van der Waals surface area contributed by atoms with Crippen molar-refractivity contribution in [2.24, 2.45) is 5.73 Å². The van der Waals surface area contributed by atoms with Gasteiger partial charge < -0.3 is 5.73 Å². The average molecular weight is 222 g/mol. The third-order valence-electron chi connectivity index (χ3n) is 2.10. The van der Waals surface area contributed by atoms with Gasteiger partial charge in [0.05, 0.1) is 23.7 Å². The molecule has 1 aromatic heterocycles. The number of alkyl halides is 2. The Hall–Kier alpha value is -2.05.